The molecule has 2 aromatic carbocycles. The van der Waals surface area contributed by atoms with Crippen LogP contribution in [0.1, 0.15) is 26.6 Å². The number of nitro groups is 1. The second kappa shape index (κ2) is 7.45. The average Bonchev–Trinajstić information content (AvgIpc) is 3.35. The van der Waals surface area contributed by atoms with Crippen LogP contribution in [-0.2, 0) is 0 Å². The Labute approximate surface area is 175 Å². The number of carbonyl (C=O) groups is 2. The molecule has 31 heavy (non-hydrogen) atoms. The van der Waals surface area contributed by atoms with Crippen molar-refractivity contribution in [2.24, 2.45) is 5.73 Å². The van der Waals surface area contributed by atoms with Crippen molar-refractivity contribution in [1.29, 1.82) is 0 Å². The Morgan fingerprint density at radius 2 is 1.87 bits per heavy atom. The first-order chi connectivity index (χ1) is 14.8. The van der Waals surface area contributed by atoms with Crippen molar-refractivity contribution in [2.75, 3.05) is 7.11 Å². The third-order valence-electron chi connectivity index (χ3n) is 5.04. The van der Waals surface area contributed by atoms with Gasteiger partial charge in [0.2, 0.25) is 0 Å². The van der Waals surface area contributed by atoms with Crippen LogP contribution in [0, 0.1) is 17.0 Å². The summed E-state index contributed by atoms with van der Waals surface area (Å²) in [6, 6.07) is 14.2. The zero-order valence-electron chi connectivity index (χ0n) is 16.6. The number of furan rings is 1. The van der Waals surface area contributed by atoms with Crippen molar-refractivity contribution >= 4 is 28.4 Å². The number of amides is 1. The quantitative estimate of drug-likeness (QED) is 0.385. The Kier molecular flexibility index (Phi) is 4.78. The number of rotatable bonds is 5. The summed E-state index contributed by atoms with van der Waals surface area (Å²) in [5.74, 6) is -0.730. The number of hydrogen-bond donors (Lipinski definition) is 1. The fraction of sp³-hybridized carbons (Fsp3) is 0.0909. The molecule has 0 saturated carbocycles. The van der Waals surface area contributed by atoms with Crippen molar-refractivity contribution in [1.82, 2.24) is 4.57 Å². The van der Waals surface area contributed by atoms with Gasteiger partial charge < -0.3 is 14.9 Å². The lowest BCUT2D eigenvalue weighted by Crippen LogP contribution is -2.16. The maximum atomic E-state index is 13.2. The number of carbonyl (C=O) groups excluding carboxylic acids is 2. The van der Waals surface area contributed by atoms with Gasteiger partial charge in [0.1, 0.15) is 11.5 Å². The SMILES string of the molecule is COc1ccc(-c2ccc(C(=O)n3c(C)c(C(N)=O)c4ccccc43)o2)c([N+](=O)[O-])c1. The molecule has 4 aromatic rings. The van der Waals surface area contributed by atoms with E-state index < -0.39 is 16.7 Å². The number of primary amides is 1. The Morgan fingerprint density at radius 1 is 1.13 bits per heavy atom. The van der Waals surface area contributed by atoms with Gasteiger partial charge in [0.25, 0.3) is 17.5 Å². The van der Waals surface area contributed by atoms with E-state index in [1.54, 1.807) is 37.3 Å². The summed E-state index contributed by atoms with van der Waals surface area (Å²) < 4.78 is 12.1. The third-order valence-corrected chi connectivity index (χ3v) is 5.04. The average molecular weight is 419 g/mol. The summed E-state index contributed by atoms with van der Waals surface area (Å²) in [6.45, 7) is 1.62. The number of nitrogens with two attached hydrogens (primary N) is 1. The lowest BCUT2D eigenvalue weighted by atomic mass is 10.1. The number of hydrogen-bond acceptors (Lipinski definition) is 6. The van der Waals surface area contributed by atoms with Gasteiger partial charge >= 0.3 is 0 Å². The zero-order valence-corrected chi connectivity index (χ0v) is 16.6. The highest BCUT2D eigenvalue weighted by Gasteiger charge is 2.25. The Morgan fingerprint density at radius 3 is 2.55 bits per heavy atom. The van der Waals surface area contributed by atoms with E-state index >= 15 is 0 Å². The van der Waals surface area contributed by atoms with Gasteiger partial charge in [-0.2, -0.15) is 0 Å². The monoisotopic (exact) mass is 419 g/mol. The molecule has 0 atom stereocenters. The molecule has 9 nitrogen and oxygen atoms in total. The third kappa shape index (κ3) is 3.21. The molecule has 156 valence electrons. The molecule has 0 fully saturated rings. The Bertz CT molecular complexity index is 1370. The minimum absolute atomic E-state index is 0.0417. The minimum Gasteiger partial charge on any atom is -0.497 e. The van der Waals surface area contributed by atoms with E-state index in [9.17, 15) is 19.7 Å². The van der Waals surface area contributed by atoms with E-state index in [1.165, 1.54) is 35.9 Å². The summed E-state index contributed by atoms with van der Waals surface area (Å²) in [5.41, 5.74) is 6.65. The Balaban J connectivity index is 1.82. The molecule has 2 N–H and O–H groups in total. The van der Waals surface area contributed by atoms with Crippen LogP contribution in [0.4, 0.5) is 5.69 Å². The molecular weight excluding hydrogens is 402 g/mol. The highest BCUT2D eigenvalue weighted by molar-refractivity contribution is 6.12. The second-order valence-electron chi connectivity index (χ2n) is 6.79. The van der Waals surface area contributed by atoms with Gasteiger partial charge in [0.05, 0.1) is 34.7 Å². The summed E-state index contributed by atoms with van der Waals surface area (Å²) in [6.07, 6.45) is 0. The number of benzene rings is 2. The first-order valence-electron chi connectivity index (χ1n) is 9.20. The number of fused-ring (bicyclic) bond motifs is 1. The van der Waals surface area contributed by atoms with E-state index in [2.05, 4.69) is 0 Å². The van der Waals surface area contributed by atoms with E-state index in [0.717, 1.165) is 0 Å². The maximum absolute atomic E-state index is 13.2. The fourth-order valence-electron chi connectivity index (χ4n) is 3.65. The van der Waals surface area contributed by atoms with Crippen molar-refractivity contribution in [2.45, 2.75) is 6.92 Å². The molecule has 0 radical (unpaired) electrons. The standard InChI is InChI=1S/C22H17N3O6/c1-12-20(21(23)26)15-5-3-4-6-16(15)24(12)22(27)19-10-9-18(31-19)14-8-7-13(30-2)11-17(14)25(28)29/h3-11H,1-2H3,(H2,23,26). The van der Waals surface area contributed by atoms with Gasteiger partial charge in [-0.15, -0.1) is 0 Å². The summed E-state index contributed by atoms with van der Waals surface area (Å²) in [5, 5.41) is 12.0. The van der Waals surface area contributed by atoms with Crippen LogP contribution in [-0.4, -0.2) is 28.4 Å². The number of aromatic nitrogens is 1. The van der Waals surface area contributed by atoms with Crippen LogP contribution in [0.15, 0.2) is 59.0 Å². The van der Waals surface area contributed by atoms with E-state index in [1.807, 2.05) is 0 Å². The van der Waals surface area contributed by atoms with Crippen molar-refractivity contribution in [3.63, 3.8) is 0 Å². The second-order valence-corrected chi connectivity index (χ2v) is 6.79. The van der Waals surface area contributed by atoms with E-state index in [-0.39, 0.29) is 28.3 Å². The summed E-state index contributed by atoms with van der Waals surface area (Å²) in [7, 11) is 1.41. The molecular formula is C22H17N3O6. The Hall–Kier alpha value is -4.40. The normalized spacial score (nSPS) is 10.9. The number of methoxy groups -OCH3 is 1. The lowest BCUT2D eigenvalue weighted by molar-refractivity contribution is -0.384. The zero-order chi connectivity index (χ0) is 22.3. The van der Waals surface area contributed by atoms with Crippen LogP contribution in [0.3, 0.4) is 0 Å². The van der Waals surface area contributed by atoms with Gasteiger partial charge in [-0.05, 0) is 37.3 Å². The van der Waals surface area contributed by atoms with Crippen molar-refractivity contribution < 1.29 is 23.7 Å². The molecule has 9 heteroatoms. The van der Waals surface area contributed by atoms with Crippen LogP contribution in [0.25, 0.3) is 22.2 Å². The molecule has 2 aromatic heterocycles. The topological polar surface area (TPSA) is 131 Å². The molecule has 2 heterocycles. The molecule has 0 bridgehead atoms. The van der Waals surface area contributed by atoms with Crippen LogP contribution < -0.4 is 10.5 Å². The van der Waals surface area contributed by atoms with Crippen LogP contribution in [0.5, 0.6) is 5.75 Å². The number of nitrogens with zero attached hydrogens (tertiary/aromatic N) is 2. The first kappa shape index (κ1) is 19.9. The number of nitro benzene ring substituents is 1. The van der Waals surface area contributed by atoms with Crippen molar-refractivity contribution in [3.8, 4) is 17.1 Å². The van der Waals surface area contributed by atoms with Gasteiger partial charge in [0, 0.05) is 11.1 Å². The molecule has 0 unspecified atom stereocenters. The highest BCUT2D eigenvalue weighted by atomic mass is 16.6. The molecule has 0 aliphatic rings. The largest absolute Gasteiger partial charge is 0.497 e. The van der Waals surface area contributed by atoms with Crippen LogP contribution in [0.2, 0.25) is 0 Å². The fourth-order valence-corrected chi connectivity index (χ4v) is 3.65. The first-order valence-corrected chi connectivity index (χ1v) is 9.20. The smallest absolute Gasteiger partial charge is 0.298 e. The molecule has 0 aliphatic heterocycles. The van der Waals surface area contributed by atoms with Crippen molar-refractivity contribution in [3.05, 3.63) is 81.7 Å². The molecule has 0 spiro atoms. The van der Waals surface area contributed by atoms with Gasteiger partial charge in [-0.1, -0.05) is 18.2 Å². The van der Waals surface area contributed by atoms with Gasteiger partial charge in [-0.3, -0.25) is 24.3 Å². The molecule has 0 aliphatic carbocycles. The van der Waals surface area contributed by atoms with E-state index in [4.69, 9.17) is 14.9 Å². The highest BCUT2D eigenvalue weighted by Crippen LogP contribution is 2.35. The number of para-hydroxylation sites is 1. The van der Waals surface area contributed by atoms with Crippen LogP contribution >= 0.6 is 0 Å². The maximum Gasteiger partial charge on any atom is 0.298 e. The predicted molar refractivity (Wildman–Crippen MR) is 112 cm³/mol. The van der Waals surface area contributed by atoms with Gasteiger partial charge in [-0.25, -0.2) is 0 Å². The molecule has 4 rings (SSSR count). The molecule has 0 saturated heterocycles. The summed E-state index contributed by atoms with van der Waals surface area (Å²) >= 11 is 0. The summed E-state index contributed by atoms with van der Waals surface area (Å²) in [4.78, 5) is 36.1. The molecule has 1 amide bonds. The minimum atomic E-state index is -0.644. The predicted octanol–water partition coefficient (Wildman–Crippen LogP) is 3.91. The lowest BCUT2D eigenvalue weighted by Gasteiger charge is -2.05. The number of ether oxygens (including phenoxy) is 1. The van der Waals surface area contributed by atoms with E-state index in [0.29, 0.717) is 22.3 Å². The van der Waals surface area contributed by atoms with Gasteiger partial charge in [0.15, 0.2) is 5.76 Å².